The maximum absolute atomic E-state index is 5.62. The third-order valence-electron chi connectivity index (χ3n) is 6.85. The number of halogens is 1. The van der Waals surface area contributed by atoms with Crippen LogP contribution in [0, 0.1) is 34.6 Å². The van der Waals surface area contributed by atoms with Gasteiger partial charge < -0.3 is 20.3 Å². The summed E-state index contributed by atoms with van der Waals surface area (Å²) in [6.45, 7) is 11.2. The minimum absolute atomic E-state index is 0. The van der Waals surface area contributed by atoms with E-state index in [-0.39, 0.29) is 29.5 Å². The van der Waals surface area contributed by atoms with Crippen molar-refractivity contribution in [2.45, 2.75) is 47.6 Å². The standard InChI is InChI=1S/C30H33N5O2.HI.H2O/c1-17-8-9-24(19(3)12-17)31-30-34-29(32-27-20(4)13-18(2)14-21(27)5)33-28-23-16-26(37-7)25(36-6)15-22(23)10-11-35(28)30;;/h8-9,12-16H,10-11H2,1-7H3,(H,31,32,34);1H;1H2. The van der Waals surface area contributed by atoms with Gasteiger partial charge >= 0.3 is 0 Å². The highest BCUT2D eigenvalue weighted by atomic mass is 127. The van der Waals surface area contributed by atoms with Gasteiger partial charge in [-0.2, -0.15) is 9.97 Å². The van der Waals surface area contributed by atoms with E-state index in [9.17, 15) is 0 Å². The number of benzene rings is 3. The Morgan fingerprint density at radius 3 is 2.10 bits per heavy atom. The normalized spacial score (nSPS) is 12.0. The number of hydrogen-bond acceptors (Lipinski definition) is 6. The largest absolute Gasteiger partial charge is 0.493 e. The molecule has 0 fully saturated rings. The van der Waals surface area contributed by atoms with E-state index in [4.69, 9.17) is 24.4 Å². The summed E-state index contributed by atoms with van der Waals surface area (Å²) < 4.78 is 13.3. The quantitative estimate of drug-likeness (QED) is 0.276. The molecule has 9 heteroatoms. The summed E-state index contributed by atoms with van der Waals surface area (Å²) in [6, 6.07) is 14.7. The topological polar surface area (TPSA) is 105 Å². The van der Waals surface area contributed by atoms with E-state index in [0.717, 1.165) is 58.0 Å². The van der Waals surface area contributed by atoms with Crippen LogP contribution in [0.15, 0.2) is 47.5 Å². The number of aryl methyl sites for hydroxylation is 6. The summed E-state index contributed by atoms with van der Waals surface area (Å²) in [4.78, 5) is 14.8. The van der Waals surface area contributed by atoms with Gasteiger partial charge in [-0.05, 0) is 81.5 Å². The third kappa shape index (κ3) is 5.94. The molecule has 4 aromatic rings. The van der Waals surface area contributed by atoms with Crippen LogP contribution in [-0.4, -0.2) is 34.2 Å². The van der Waals surface area contributed by atoms with Crippen LogP contribution in [0.1, 0.15) is 33.4 Å². The van der Waals surface area contributed by atoms with Crippen LogP contribution in [-0.2, 0) is 13.0 Å². The SMILES string of the molecule is COc1cc2c(cc1OC)-c1nc(=Nc3c(C)cc(C)cc3C)nc(Nc3ccc(C)cc3C)n1CC2.I.O. The molecule has 39 heavy (non-hydrogen) atoms. The molecule has 2 heterocycles. The lowest BCUT2D eigenvalue weighted by Gasteiger charge is -2.25. The first-order chi connectivity index (χ1) is 17.8. The van der Waals surface area contributed by atoms with Crippen molar-refractivity contribution in [2.24, 2.45) is 4.99 Å². The number of ether oxygens (including phenoxy) is 2. The fraction of sp³-hybridized carbons (Fsp3) is 0.300. The molecule has 0 radical (unpaired) electrons. The maximum Gasteiger partial charge on any atom is 0.255 e. The Morgan fingerprint density at radius 2 is 1.46 bits per heavy atom. The Bertz CT molecular complexity index is 1570. The molecular formula is C30H36IN5O3. The van der Waals surface area contributed by atoms with Gasteiger partial charge in [-0.3, -0.25) is 4.57 Å². The number of nitrogens with zero attached hydrogens (tertiary/aromatic N) is 4. The second kappa shape index (κ2) is 12.2. The Balaban J connectivity index is 0.00000210. The molecular weight excluding hydrogens is 605 g/mol. The fourth-order valence-corrected chi connectivity index (χ4v) is 5.09. The Kier molecular flexibility index (Phi) is 9.39. The molecule has 3 aromatic carbocycles. The molecule has 8 nitrogen and oxygen atoms in total. The number of hydrogen-bond donors (Lipinski definition) is 1. The smallest absolute Gasteiger partial charge is 0.255 e. The molecule has 1 aliphatic heterocycles. The molecule has 0 saturated carbocycles. The second-order valence-corrected chi connectivity index (χ2v) is 9.74. The van der Waals surface area contributed by atoms with Crippen molar-refractivity contribution in [3.8, 4) is 22.9 Å². The number of fused-ring (bicyclic) bond motifs is 3. The van der Waals surface area contributed by atoms with Crippen LogP contribution >= 0.6 is 24.0 Å². The summed E-state index contributed by atoms with van der Waals surface area (Å²) in [5, 5.41) is 3.57. The maximum atomic E-state index is 5.62. The summed E-state index contributed by atoms with van der Waals surface area (Å²) in [5.74, 6) is 2.89. The lowest BCUT2D eigenvalue weighted by Crippen LogP contribution is -2.26. The van der Waals surface area contributed by atoms with Gasteiger partial charge in [0.15, 0.2) is 11.5 Å². The van der Waals surface area contributed by atoms with E-state index in [1.165, 1.54) is 11.1 Å². The van der Waals surface area contributed by atoms with Crippen LogP contribution < -0.4 is 20.4 Å². The van der Waals surface area contributed by atoms with Gasteiger partial charge in [-0.25, -0.2) is 4.99 Å². The molecule has 206 valence electrons. The molecule has 5 rings (SSSR count). The highest BCUT2D eigenvalue weighted by Gasteiger charge is 2.23. The first-order valence-electron chi connectivity index (χ1n) is 12.5. The number of methoxy groups -OCH3 is 2. The van der Waals surface area contributed by atoms with Gasteiger partial charge in [-0.1, -0.05) is 35.4 Å². The molecule has 1 aliphatic rings. The molecule has 0 spiro atoms. The minimum Gasteiger partial charge on any atom is -0.493 e. The Labute approximate surface area is 246 Å². The molecule has 0 aliphatic carbocycles. The monoisotopic (exact) mass is 641 g/mol. The first-order valence-corrected chi connectivity index (χ1v) is 12.5. The number of rotatable bonds is 5. The minimum atomic E-state index is 0. The predicted octanol–water partition coefficient (Wildman–Crippen LogP) is 5.83. The van der Waals surface area contributed by atoms with Crippen molar-refractivity contribution in [1.29, 1.82) is 0 Å². The van der Waals surface area contributed by atoms with Gasteiger partial charge in [0.05, 0.1) is 19.9 Å². The van der Waals surface area contributed by atoms with E-state index in [1.807, 2.05) is 12.1 Å². The molecule has 0 unspecified atom stereocenters. The highest BCUT2D eigenvalue weighted by molar-refractivity contribution is 14.0. The summed E-state index contributed by atoms with van der Waals surface area (Å²) >= 11 is 0. The van der Waals surface area contributed by atoms with Gasteiger partial charge in [0.2, 0.25) is 5.95 Å². The highest BCUT2D eigenvalue weighted by Crippen LogP contribution is 2.38. The van der Waals surface area contributed by atoms with E-state index < -0.39 is 0 Å². The molecule has 0 saturated heterocycles. The molecule has 3 N–H and O–H groups in total. The average molecular weight is 642 g/mol. The van der Waals surface area contributed by atoms with Gasteiger partial charge in [0, 0.05) is 17.8 Å². The van der Waals surface area contributed by atoms with E-state index in [2.05, 4.69) is 74.8 Å². The van der Waals surface area contributed by atoms with Gasteiger partial charge in [0.25, 0.3) is 5.62 Å². The van der Waals surface area contributed by atoms with E-state index in [1.54, 1.807) is 14.2 Å². The van der Waals surface area contributed by atoms with Crippen LogP contribution in [0.5, 0.6) is 11.5 Å². The van der Waals surface area contributed by atoms with Crippen LogP contribution in [0.2, 0.25) is 0 Å². The zero-order valence-corrected chi connectivity index (χ0v) is 25.8. The Hall–Kier alpha value is -3.44. The lowest BCUT2D eigenvalue weighted by atomic mass is 9.99. The van der Waals surface area contributed by atoms with Crippen molar-refractivity contribution >= 4 is 41.3 Å². The van der Waals surface area contributed by atoms with Crippen molar-refractivity contribution in [3.05, 3.63) is 81.5 Å². The van der Waals surface area contributed by atoms with E-state index in [0.29, 0.717) is 23.1 Å². The summed E-state index contributed by atoms with van der Waals surface area (Å²) in [5.41, 5.74) is 10.2. The average Bonchev–Trinajstić information content (AvgIpc) is 2.86. The number of nitrogens with one attached hydrogen (secondary N) is 1. The van der Waals surface area contributed by atoms with Gasteiger partial charge in [-0.15, -0.1) is 24.0 Å². The zero-order valence-electron chi connectivity index (χ0n) is 23.5. The molecule has 0 bridgehead atoms. The number of anilines is 2. The lowest BCUT2D eigenvalue weighted by molar-refractivity contribution is 0.354. The van der Waals surface area contributed by atoms with Crippen molar-refractivity contribution < 1.29 is 14.9 Å². The van der Waals surface area contributed by atoms with Crippen LogP contribution in [0.25, 0.3) is 11.4 Å². The zero-order chi connectivity index (χ0) is 26.3. The second-order valence-electron chi connectivity index (χ2n) is 9.74. The predicted molar refractivity (Wildman–Crippen MR) is 166 cm³/mol. The number of aromatic nitrogens is 3. The summed E-state index contributed by atoms with van der Waals surface area (Å²) in [7, 11) is 3.31. The van der Waals surface area contributed by atoms with Crippen LogP contribution in [0.4, 0.5) is 17.3 Å². The van der Waals surface area contributed by atoms with Crippen LogP contribution in [0.3, 0.4) is 0 Å². The summed E-state index contributed by atoms with van der Waals surface area (Å²) in [6.07, 6.45) is 0.824. The van der Waals surface area contributed by atoms with Crippen molar-refractivity contribution in [3.63, 3.8) is 0 Å². The van der Waals surface area contributed by atoms with Crippen molar-refractivity contribution in [2.75, 3.05) is 19.5 Å². The Morgan fingerprint density at radius 1 is 0.821 bits per heavy atom. The van der Waals surface area contributed by atoms with Crippen molar-refractivity contribution in [1.82, 2.24) is 14.5 Å². The molecule has 1 aromatic heterocycles. The van der Waals surface area contributed by atoms with Gasteiger partial charge in [0.1, 0.15) is 5.82 Å². The molecule has 0 atom stereocenters. The first kappa shape index (κ1) is 30.1. The fourth-order valence-electron chi connectivity index (χ4n) is 5.09. The molecule has 0 amide bonds. The third-order valence-corrected chi connectivity index (χ3v) is 6.85. The van der Waals surface area contributed by atoms with E-state index >= 15 is 0 Å².